The molecule has 0 aromatic heterocycles. The molecule has 0 amide bonds. The van der Waals surface area contributed by atoms with Crippen molar-refractivity contribution in [1.82, 2.24) is 0 Å². The van der Waals surface area contributed by atoms with Gasteiger partial charge in [0.15, 0.2) is 11.6 Å². The van der Waals surface area contributed by atoms with Crippen LogP contribution in [0, 0.1) is 22.9 Å². The number of hydrogen-bond donors (Lipinski definition) is 1. The Balaban J connectivity index is 2.81. The van der Waals surface area contributed by atoms with Crippen LogP contribution in [-0.4, -0.2) is 22.7 Å². The predicted molar refractivity (Wildman–Crippen MR) is 59.6 cm³/mol. The first-order chi connectivity index (χ1) is 7.91. The number of benzene rings is 1. The van der Waals surface area contributed by atoms with E-state index in [-0.39, 0.29) is 18.0 Å². The van der Waals surface area contributed by atoms with Gasteiger partial charge in [0.2, 0.25) is 0 Å². The first-order valence-electron chi connectivity index (χ1n) is 5.17. The predicted octanol–water partition coefficient (Wildman–Crippen LogP) is 2.19. The lowest BCUT2D eigenvalue weighted by Crippen LogP contribution is -2.08. The highest BCUT2D eigenvalue weighted by Crippen LogP contribution is 2.27. The largest absolute Gasteiger partial charge is 0.490 e. The monoisotopic (exact) mass is 243 g/mol. The molecule has 6 heteroatoms. The van der Waals surface area contributed by atoms with Gasteiger partial charge in [-0.05, 0) is 19.9 Å². The minimum Gasteiger partial charge on any atom is -0.490 e. The molecular formula is C11H14FNO4. The molecule has 1 unspecified atom stereocenters. The van der Waals surface area contributed by atoms with Crippen LogP contribution in [0.15, 0.2) is 12.1 Å². The van der Waals surface area contributed by atoms with Crippen molar-refractivity contribution in [3.8, 4) is 5.75 Å². The molecule has 0 aliphatic rings. The topological polar surface area (TPSA) is 72.6 Å². The van der Waals surface area contributed by atoms with Crippen molar-refractivity contribution in [2.24, 2.45) is 0 Å². The lowest BCUT2D eigenvalue weighted by molar-refractivity contribution is -0.385. The fraction of sp³-hybridized carbons (Fsp3) is 0.455. The van der Waals surface area contributed by atoms with Crippen LogP contribution in [0.5, 0.6) is 5.75 Å². The van der Waals surface area contributed by atoms with Gasteiger partial charge in [0.05, 0.1) is 23.7 Å². The SMILES string of the molecule is Cc1cc(OCCC(C)O)c(F)cc1[N+](=O)[O-]. The number of ether oxygens (including phenoxy) is 1. The highest BCUT2D eigenvalue weighted by atomic mass is 19.1. The van der Waals surface area contributed by atoms with E-state index in [1.165, 1.54) is 13.0 Å². The summed E-state index contributed by atoms with van der Waals surface area (Å²) in [5.41, 5.74) is 0.0637. The second-order valence-electron chi connectivity index (χ2n) is 3.81. The number of aliphatic hydroxyl groups is 1. The third-order valence-electron chi connectivity index (χ3n) is 2.24. The fourth-order valence-corrected chi connectivity index (χ4v) is 1.29. The fourth-order valence-electron chi connectivity index (χ4n) is 1.29. The van der Waals surface area contributed by atoms with Gasteiger partial charge in [-0.25, -0.2) is 4.39 Å². The lowest BCUT2D eigenvalue weighted by Gasteiger charge is -2.09. The van der Waals surface area contributed by atoms with Crippen molar-refractivity contribution in [2.45, 2.75) is 26.4 Å². The van der Waals surface area contributed by atoms with E-state index in [1.54, 1.807) is 6.92 Å². The summed E-state index contributed by atoms with van der Waals surface area (Å²) in [5.74, 6) is -0.804. The number of nitro benzene ring substituents is 1. The van der Waals surface area contributed by atoms with E-state index < -0.39 is 16.8 Å². The van der Waals surface area contributed by atoms with Crippen LogP contribution < -0.4 is 4.74 Å². The summed E-state index contributed by atoms with van der Waals surface area (Å²) in [4.78, 5) is 9.91. The van der Waals surface area contributed by atoms with Crippen molar-refractivity contribution in [1.29, 1.82) is 0 Å². The van der Waals surface area contributed by atoms with Gasteiger partial charge in [0, 0.05) is 12.0 Å². The molecule has 1 aromatic rings. The summed E-state index contributed by atoms with van der Waals surface area (Å²) in [7, 11) is 0. The van der Waals surface area contributed by atoms with Gasteiger partial charge in [-0.1, -0.05) is 0 Å². The van der Waals surface area contributed by atoms with E-state index in [0.717, 1.165) is 6.07 Å². The second-order valence-corrected chi connectivity index (χ2v) is 3.81. The molecule has 1 rings (SSSR count). The highest BCUT2D eigenvalue weighted by Gasteiger charge is 2.16. The standard InChI is InChI=1S/C11H14FNO4/c1-7-5-11(17-4-3-8(2)14)9(12)6-10(7)13(15)16/h5-6,8,14H,3-4H2,1-2H3. The third kappa shape index (κ3) is 3.67. The van der Waals surface area contributed by atoms with Gasteiger partial charge in [-0.2, -0.15) is 0 Å². The minimum absolute atomic E-state index is 0.0336. The van der Waals surface area contributed by atoms with Crippen LogP contribution in [-0.2, 0) is 0 Å². The molecule has 0 aliphatic carbocycles. The van der Waals surface area contributed by atoms with Crippen LogP contribution in [0.25, 0.3) is 0 Å². The van der Waals surface area contributed by atoms with Gasteiger partial charge in [-0.3, -0.25) is 10.1 Å². The number of aliphatic hydroxyl groups excluding tert-OH is 1. The number of nitrogens with zero attached hydrogens (tertiary/aromatic N) is 1. The molecule has 0 heterocycles. The average Bonchev–Trinajstić information content (AvgIpc) is 2.21. The molecule has 1 atom stereocenters. The maximum Gasteiger partial charge on any atom is 0.275 e. The summed E-state index contributed by atoms with van der Waals surface area (Å²) in [5, 5.41) is 19.6. The Morgan fingerprint density at radius 3 is 2.76 bits per heavy atom. The Bertz CT molecular complexity index is 420. The zero-order valence-corrected chi connectivity index (χ0v) is 9.64. The number of nitro groups is 1. The maximum atomic E-state index is 13.4. The molecule has 0 spiro atoms. The zero-order chi connectivity index (χ0) is 13.0. The Kier molecular flexibility index (Phi) is 4.39. The molecule has 5 nitrogen and oxygen atoms in total. The van der Waals surface area contributed by atoms with Gasteiger partial charge >= 0.3 is 0 Å². The van der Waals surface area contributed by atoms with Crippen LogP contribution >= 0.6 is 0 Å². The van der Waals surface area contributed by atoms with E-state index in [2.05, 4.69) is 0 Å². The maximum absolute atomic E-state index is 13.4. The molecule has 0 saturated carbocycles. The molecular weight excluding hydrogens is 229 g/mol. The Labute approximate surface area is 98.0 Å². The van der Waals surface area contributed by atoms with E-state index in [0.29, 0.717) is 12.0 Å². The summed E-state index contributed by atoms with van der Waals surface area (Å²) in [6.07, 6.45) is -0.160. The van der Waals surface area contributed by atoms with Crippen molar-refractivity contribution < 1.29 is 19.2 Å². The molecule has 0 radical (unpaired) electrons. The van der Waals surface area contributed by atoms with Gasteiger partial charge in [0.25, 0.3) is 5.69 Å². The van der Waals surface area contributed by atoms with Crippen molar-refractivity contribution in [3.63, 3.8) is 0 Å². The second kappa shape index (κ2) is 5.58. The van der Waals surface area contributed by atoms with E-state index in [1.807, 2.05) is 0 Å². The quantitative estimate of drug-likeness (QED) is 0.635. The first kappa shape index (κ1) is 13.4. The van der Waals surface area contributed by atoms with E-state index in [4.69, 9.17) is 9.84 Å². The molecule has 1 N–H and O–H groups in total. The number of rotatable bonds is 5. The zero-order valence-electron chi connectivity index (χ0n) is 9.64. The summed E-state index contributed by atoms with van der Waals surface area (Å²) >= 11 is 0. The van der Waals surface area contributed by atoms with Crippen LogP contribution in [0.4, 0.5) is 10.1 Å². The van der Waals surface area contributed by atoms with Crippen molar-refractivity contribution in [3.05, 3.63) is 33.6 Å². The number of hydrogen-bond acceptors (Lipinski definition) is 4. The molecule has 0 bridgehead atoms. The van der Waals surface area contributed by atoms with Gasteiger partial charge < -0.3 is 9.84 Å². The lowest BCUT2D eigenvalue weighted by atomic mass is 10.2. The van der Waals surface area contributed by atoms with Crippen LogP contribution in [0.2, 0.25) is 0 Å². The van der Waals surface area contributed by atoms with Gasteiger partial charge in [-0.15, -0.1) is 0 Å². The van der Waals surface area contributed by atoms with Crippen molar-refractivity contribution in [2.75, 3.05) is 6.61 Å². The summed E-state index contributed by atoms with van der Waals surface area (Å²) < 4.78 is 18.5. The van der Waals surface area contributed by atoms with E-state index in [9.17, 15) is 14.5 Å². The van der Waals surface area contributed by atoms with Crippen molar-refractivity contribution >= 4 is 5.69 Å². The molecule has 1 aromatic carbocycles. The van der Waals surface area contributed by atoms with Crippen LogP contribution in [0.3, 0.4) is 0 Å². The summed E-state index contributed by atoms with van der Waals surface area (Å²) in [6, 6.07) is 2.13. The average molecular weight is 243 g/mol. The third-order valence-corrected chi connectivity index (χ3v) is 2.24. The highest BCUT2D eigenvalue weighted by molar-refractivity contribution is 5.45. The molecule has 0 aliphatic heterocycles. The Hall–Kier alpha value is -1.69. The Morgan fingerprint density at radius 1 is 1.59 bits per heavy atom. The minimum atomic E-state index is -0.770. The normalized spacial score (nSPS) is 12.2. The summed E-state index contributed by atoms with van der Waals surface area (Å²) in [6.45, 7) is 3.27. The smallest absolute Gasteiger partial charge is 0.275 e. The number of halogens is 1. The molecule has 17 heavy (non-hydrogen) atoms. The first-order valence-corrected chi connectivity index (χ1v) is 5.17. The molecule has 0 saturated heterocycles. The van der Waals surface area contributed by atoms with Crippen LogP contribution in [0.1, 0.15) is 18.9 Å². The van der Waals surface area contributed by atoms with Gasteiger partial charge in [0.1, 0.15) is 0 Å². The number of aryl methyl sites for hydroxylation is 1. The molecule has 94 valence electrons. The molecule has 0 fully saturated rings. The Morgan fingerprint density at radius 2 is 2.24 bits per heavy atom. The van der Waals surface area contributed by atoms with E-state index >= 15 is 0 Å².